The van der Waals surface area contributed by atoms with Crippen LogP contribution in [-0.2, 0) is 9.53 Å². The molecule has 2 rings (SSSR count). The molecular weight excluding hydrogens is 222 g/mol. The smallest absolute Gasteiger partial charge is 0.296 e. The molecule has 0 unspecified atom stereocenters. The molecular formula is C12H15NO4. The summed E-state index contributed by atoms with van der Waals surface area (Å²) in [5, 5.41) is 2.65. The largest absolute Gasteiger partial charge is 0.457 e. The van der Waals surface area contributed by atoms with Gasteiger partial charge in [-0.25, -0.2) is 0 Å². The molecule has 1 N–H and O–H groups in total. The van der Waals surface area contributed by atoms with Gasteiger partial charge in [0.25, 0.3) is 11.7 Å². The Kier molecular flexibility index (Phi) is 2.79. The van der Waals surface area contributed by atoms with E-state index >= 15 is 0 Å². The zero-order chi connectivity index (χ0) is 12.6. The van der Waals surface area contributed by atoms with Crippen LogP contribution >= 0.6 is 0 Å². The molecule has 1 amide bonds. The van der Waals surface area contributed by atoms with E-state index in [4.69, 9.17) is 9.15 Å². The van der Waals surface area contributed by atoms with Crippen molar-refractivity contribution in [3.05, 3.63) is 23.2 Å². The number of hydrogen-bond donors (Lipinski definition) is 1. The summed E-state index contributed by atoms with van der Waals surface area (Å²) < 4.78 is 10.2. The molecule has 0 aromatic carbocycles. The Bertz CT molecular complexity index is 451. The van der Waals surface area contributed by atoms with E-state index in [9.17, 15) is 9.59 Å². The third-order valence-electron chi connectivity index (χ3n) is 2.85. The van der Waals surface area contributed by atoms with Gasteiger partial charge >= 0.3 is 0 Å². The summed E-state index contributed by atoms with van der Waals surface area (Å²) >= 11 is 0. The maximum atomic E-state index is 11.8. The van der Waals surface area contributed by atoms with Crippen molar-refractivity contribution in [2.24, 2.45) is 0 Å². The lowest BCUT2D eigenvalue weighted by Gasteiger charge is -2.38. The third kappa shape index (κ3) is 2.24. The maximum absolute atomic E-state index is 11.8. The molecule has 0 aliphatic carbocycles. The van der Waals surface area contributed by atoms with E-state index in [1.807, 2.05) is 13.8 Å². The fourth-order valence-corrected chi connectivity index (χ4v) is 1.61. The van der Waals surface area contributed by atoms with Crippen molar-refractivity contribution in [2.75, 3.05) is 13.2 Å². The van der Waals surface area contributed by atoms with Crippen molar-refractivity contribution in [1.29, 1.82) is 0 Å². The summed E-state index contributed by atoms with van der Waals surface area (Å²) in [6, 6.07) is 1.58. The predicted octanol–water partition coefficient (Wildman–Crippen LogP) is 0.984. The number of ketones is 1. The first-order valence-corrected chi connectivity index (χ1v) is 5.43. The second-order valence-corrected chi connectivity index (χ2v) is 4.69. The summed E-state index contributed by atoms with van der Waals surface area (Å²) in [6.45, 7) is 6.28. The van der Waals surface area contributed by atoms with Crippen LogP contribution in [0.5, 0.6) is 0 Å². The molecule has 17 heavy (non-hydrogen) atoms. The van der Waals surface area contributed by atoms with E-state index in [1.54, 1.807) is 13.0 Å². The van der Waals surface area contributed by atoms with E-state index in [0.29, 0.717) is 19.0 Å². The van der Waals surface area contributed by atoms with Gasteiger partial charge in [-0.15, -0.1) is 0 Å². The highest BCUT2D eigenvalue weighted by atomic mass is 16.5. The number of carbonyl (C=O) groups is 2. The number of Topliss-reactive ketones (excluding diaryl/α,β-unsaturated/α-hetero) is 1. The van der Waals surface area contributed by atoms with E-state index in [2.05, 4.69) is 5.32 Å². The Balaban J connectivity index is 2.07. The molecule has 1 aliphatic rings. The number of amides is 1. The van der Waals surface area contributed by atoms with Gasteiger partial charge in [-0.2, -0.15) is 0 Å². The third-order valence-corrected chi connectivity index (χ3v) is 2.85. The van der Waals surface area contributed by atoms with E-state index < -0.39 is 17.2 Å². The van der Waals surface area contributed by atoms with Gasteiger partial charge in [-0.1, -0.05) is 0 Å². The molecule has 5 nitrogen and oxygen atoms in total. The highest BCUT2D eigenvalue weighted by Crippen LogP contribution is 2.17. The minimum absolute atomic E-state index is 0.0846. The van der Waals surface area contributed by atoms with Gasteiger partial charge in [0.2, 0.25) is 0 Å². The second kappa shape index (κ2) is 4.00. The standard InChI is InChI=1S/C12H15NO4/c1-7-4-9(17-8(7)2)10(14)11(15)13-12(3)5-16-6-12/h4H,5-6H2,1-3H3,(H,13,15). The normalized spacial score (nSPS) is 17.4. The molecule has 0 radical (unpaired) electrons. The summed E-state index contributed by atoms with van der Waals surface area (Å²) in [4.78, 5) is 23.5. The Labute approximate surface area is 99.1 Å². The molecule has 1 aromatic heterocycles. The number of carbonyl (C=O) groups excluding carboxylic acids is 2. The fraction of sp³-hybridized carbons (Fsp3) is 0.500. The molecule has 2 heterocycles. The number of rotatable bonds is 3. The topological polar surface area (TPSA) is 68.5 Å². The van der Waals surface area contributed by atoms with Gasteiger partial charge in [0.15, 0.2) is 5.76 Å². The zero-order valence-corrected chi connectivity index (χ0v) is 10.1. The Morgan fingerprint density at radius 3 is 2.41 bits per heavy atom. The van der Waals surface area contributed by atoms with Crippen LogP contribution in [0.25, 0.3) is 0 Å². The first-order chi connectivity index (χ1) is 7.91. The number of furan rings is 1. The van der Waals surface area contributed by atoms with Crippen LogP contribution in [0.2, 0.25) is 0 Å². The quantitative estimate of drug-likeness (QED) is 0.628. The highest BCUT2D eigenvalue weighted by molar-refractivity contribution is 6.42. The van der Waals surface area contributed by atoms with Gasteiger partial charge in [0.05, 0.1) is 18.8 Å². The van der Waals surface area contributed by atoms with Gasteiger partial charge in [0.1, 0.15) is 5.76 Å². The second-order valence-electron chi connectivity index (χ2n) is 4.69. The summed E-state index contributed by atoms with van der Waals surface area (Å²) in [5.41, 5.74) is 0.433. The number of aryl methyl sites for hydroxylation is 2. The molecule has 0 bridgehead atoms. The lowest BCUT2D eigenvalue weighted by atomic mass is 10.0. The van der Waals surface area contributed by atoms with Crippen molar-refractivity contribution >= 4 is 11.7 Å². The minimum Gasteiger partial charge on any atom is -0.457 e. The number of nitrogens with one attached hydrogen (secondary N) is 1. The minimum atomic E-state index is -0.649. The first-order valence-electron chi connectivity index (χ1n) is 5.43. The van der Waals surface area contributed by atoms with Gasteiger partial charge < -0.3 is 14.5 Å². The molecule has 92 valence electrons. The van der Waals surface area contributed by atoms with Crippen LogP contribution in [-0.4, -0.2) is 30.4 Å². The molecule has 1 saturated heterocycles. The molecule has 0 spiro atoms. The van der Waals surface area contributed by atoms with Crippen molar-refractivity contribution in [2.45, 2.75) is 26.3 Å². The fourth-order valence-electron chi connectivity index (χ4n) is 1.61. The Morgan fingerprint density at radius 2 is 2.00 bits per heavy atom. The molecule has 1 aliphatic heterocycles. The predicted molar refractivity (Wildman–Crippen MR) is 59.9 cm³/mol. The van der Waals surface area contributed by atoms with E-state index in [0.717, 1.165) is 5.56 Å². The van der Waals surface area contributed by atoms with Crippen LogP contribution < -0.4 is 5.32 Å². The Morgan fingerprint density at radius 1 is 1.35 bits per heavy atom. The number of ether oxygens (including phenoxy) is 1. The van der Waals surface area contributed by atoms with Crippen molar-refractivity contribution < 1.29 is 18.7 Å². The first kappa shape index (κ1) is 11.9. The summed E-state index contributed by atoms with van der Waals surface area (Å²) in [6.07, 6.45) is 0. The average Bonchev–Trinajstić information content (AvgIpc) is 2.55. The monoisotopic (exact) mass is 237 g/mol. The van der Waals surface area contributed by atoms with Crippen LogP contribution in [0, 0.1) is 13.8 Å². The molecule has 0 atom stereocenters. The van der Waals surface area contributed by atoms with Crippen molar-refractivity contribution in [3.63, 3.8) is 0 Å². The lowest BCUT2D eigenvalue weighted by Crippen LogP contribution is -2.61. The van der Waals surface area contributed by atoms with E-state index in [1.165, 1.54) is 0 Å². The maximum Gasteiger partial charge on any atom is 0.296 e. The highest BCUT2D eigenvalue weighted by Gasteiger charge is 2.37. The summed E-state index contributed by atoms with van der Waals surface area (Å²) in [5.74, 6) is -0.556. The average molecular weight is 237 g/mol. The van der Waals surface area contributed by atoms with Crippen LogP contribution in [0.15, 0.2) is 10.5 Å². The zero-order valence-electron chi connectivity index (χ0n) is 10.1. The molecule has 1 aromatic rings. The lowest BCUT2D eigenvalue weighted by molar-refractivity contribution is -0.127. The van der Waals surface area contributed by atoms with Gasteiger partial charge in [-0.05, 0) is 32.4 Å². The van der Waals surface area contributed by atoms with Crippen molar-refractivity contribution in [3.8, 4) is 0 Å². The summed E-state index contributed by atoms with van der Waals surface area (Å²) in [7, 11) is 0. The molecule has 5 heteroatoms. The van der Waals surface area contributed by atoms with Gasteiger partial charge in [-0.3, -0.25) is 9.59 Å². The van der Waals surface area contributed by atoms with Crippen LogP contribution in [0.3, 0.4) is 0 Å². The van der Waals surface area contributed by atoms with Crippen molar-refractivity contribution in [1.82, 2.24) is 5.32 Å². The van der Waals surface area contributed by atoms with E-state index in [-0.39, 0.29) is 5.76 Å². The van der Waals surface area contributed by atoms with Crippen LogP contribution in [0.4, 0.5) is 0 Å². The van der Waals surface area contributed by atoms with Gasteiger partial charge in [0, 0.05) is 0 Å². The Hall–Kier alpha value is -1.62. The molecule has 1 fully saturated rings. The number of hydrogen-bond acceptors (Lipinski definition) is 4. The SMILES string of the molecule is Cc1cc(C(=O)C(=O)NC2(C)COC2)oc1C. The molecule has 0 saturated carbocycles. The van der Waals surface area contributed by atoms with Crippen LogP contribution in [0.1, 0.15) is 28.8 Å².